The van der Waals surface area contributed by atoms with Crippen molar-refractivity contribution >= 4 is 0 Å². The van der Waals surface area contributed by atoms with Gasteiger partial charge in [0.2, 0.25) is 0 Å². The molecule has 0 saturated carbocycles. The zero-order chi connectivity index (χ0) is 55.4. The first-order valence-electron chi connectivity index (χ1n) is 26.3. The van der Waals surface area contributed by atoms with Crippen LogP contribution in [0.4, 0.5) is 0 Å². The quantitative estimate of drug-likeness (QED) is 0.0534. The van der Waals surface area contributed by atoms with Crippen molar-refractivity contribution in [1.29, 1.82) is 0 Å². The van der Waals surface area contributed by atoms with E-state index < -0.39 is 0 Å². The molecule has 396 valence electrons. The third-order valence-electron chi connectivity index (χ3n) is 15.6. The highest BCUT2D eigenvalue weighted by atomic mass is 16.3. The summed E-state index contributed by atoms with van der Waals surface area (Å²) in [6, 6.07) is 39.6. The van der Waals surface area contributed by atoms with Gasteiger partial charge in [-0.15, -0.1) is 0 Å². The molecule has 0 saturated heterocycles. The molecule has 8 aromatic carbocycles. The fourth-order valence-corrected chi connectivity index (χ4v) is 11.1. The monoisotopic (exact) mass is 1020 g/mol. The Hall–Kier alpha value is -7.84. The van der Waals surface area contributed by atoms with Gasteiger partial charge in [-0.3, -0.25) is 0 Å². The molecule has 0 radical (unpaired) electrons. The lowest BCUT2D eigenvalue weighted by molar-refractivity contribution is 0.464. The van der Waals surface area contributed by atoms with Gasteiger partial charge in [0.05, 0.1) is 0 Å². The lowest BCUT2D eigenvalue weighted by atomic mass is 9.78. The maximum Gasteiger partial charge on any atom is 0.121 e. The van der Waals surface area contributed by atoms with Gasteiger partial charge in [0.15, 0.2) is 0 Å². The van der Waals surface area contributed by atoms with E-state index in [1.807, 2.05) is 132 Å². The van der Waals surface area contributed by atoms with Gasteiger partial charge in [-0.1, -0.05) is 97.1 Å². The molecule has 8 N–H and O–H groups in total. The van der Waals surface area contributed by atoms with Crippen LogP contribution in [0.3, 0.4) is 0 Å². The van der Waals surface area contributed by atoms with Gasteiger partial charge < -0.3 is 40.9 Å². The van der Waals surface area contributed by atoms with E-state index in [-0.39, 0.29) is 46.7 Å². The molecule has 0 atom stereocenters. The van der Waals surface area contributed by atoms with E-state index in [2.05, 4.69) is 48.5 Å². The van der Waals surface area contributed by atoms with Crippen molar-refractivity contribution in [3.05, 3.63) is 233 Å². The van der Waals surface area contributed by atoms with Crippen molar-refractivity contribution in [2.45, 2.75) is 132 Å². The summed E-state index contributed by atoms with van der Waals surface area (Å²) in [5, 5.41) is 82.5. The number of phenolic OH excluding ortho intramolecular Hbond substituents is 8. The van der Waals surface area contributed by atoms with Crippen LogP contribution in [0.2, 0.25) is 0 Å². The van der Waals surface area contributed by atoms with Crippen molar-refractivity contribution in [3.8, 4) is 46.0 Å². The molecular formula is C68H76O8. The van der Waals surface area contributed by atoms with Crippen molar-refractivity contribution < 1.29 is 40.9 Å². The molecule has 0 aliphatic carbocycles. The maximum atomic E-state index is 10.5. The zero-order valence-electron chi connectivity index (χ0n) is 46.3. The molecule has 0 spiro atoms. The molecule has 8 rings (SSSR count). The van der Waals surface area contributed by atoms with E-state index in [1.54, 1.807) is 24.3 Å². The number of benzene rings is 8. The standard InChI is InChI=1S/C36H42O4.C32H34O4/c1-19-11-27(12-20(2)33(19)37)31(28-13-21(3)34(38)22(4)14-28)9-10-32(29-15-23(5)35(39)24(6)16-29)30-17-25(7)36(40)26(8)18-30;1-19-15-23(5-11-29(19)33)27(24-6-12-30(34)20(2)16-24)9-10-28(25-7-13-31(35)21(3)17-25)26-8-14-32(36)22(4)18-26/h11-18,31-32,37-40H,9-10H2,1-8H3;5-8,11-18,27-28,33-36H,9-10H2,1-4H3. The number of hydrogen-bond acceptors (Lipinski definition) is 8. The lowest BCUT2D eigenvalue weighted by Gasteiger charge is -2.26. The van der Waals surface area contributed by atoms with Gasteiger partial charge in [-0.2, -0.15) is 0 Å². The van der Waals surface area contributed by atoms with Gasteiger partial charge in [-0.05, 0) is 244 Å². The van der Waals surface area contributed by atoms with Gasteiger partial charge >= 0.3 is 0 Å². The highest BCUT2D eigenvalue weighted by Gasteiger charge is 2.26. The van der Waals surface area contributed by atoms with E-state index in [9.17, 15) is 40.9 Å². The van der Waals surface area contributed by atoms with Gasteiger partial charge in [0, 0.05) is 23.7 Å². The predicted molar refractivity (Wildman–Crippen MR) is 308 cm³/mol. The topological polar surface area (TPSA) is 162 Å². The molecule has 0 fully saturated rings. The molecule has 0 heterocycles. The van der Waals surface area contributed by atoms with Crippen molar-refractivity contribution in [2.24, 2.45) is 0 Å². The molecule has 0 aliphatic heterocycles. The second-order valence-corrected chi connectivity index (χ2v) is 21.6. The normalized spacial score (nSPS) is 11.5. The molecule has 0 bridgehead atoms. The zero-order valence-corrected chi connectivity index (χ0v) is 46.3. The Morgan fingerprint density at radius 1 is 0.211 bits per heavy atom. The van der Waals surface area contributed by atoms with Crippen LogP contribution < -0.4 is 0 Å². The SMILES string of the molecule is Cc1cc(C(CCC(c2cc(C)c(O)c(C)c2)c2cc(C)c(O)c(C)c2)c2cc(C)c(O)c(C)c2)cc(C)c1O.Cc1cc(C(CCC(c2ccc(O)c(C)c2)c2ccc(O)c(C)c2)c2ccc(O)c(C)c2)ccc1O. The Labute approximate surface area is 449 Å². The van der Waals surface area contributed by atoms with Gasteiger partial charge in [0.1, 0.15) is 46.0 Å². The Morgan fingerprint density at radius 3 is 0.513 bits per heavy atom. The summed E-state index contributed by atoms with van der Waals surface area (Å²) in [5.41, 5.74) is 19.0. The van der Waals surface area contributed by atoms with Crippen LogP contribution in [0.15, 0.2) is 121 Å². The highest BCUT2D eigenvalue weighted by Crippen LogP contribution is 2.44. The van der Waals surface area contributed by atoms with E-state index in [1.165, 1.54) is 0 Å². The first-order chi connectivity index (χ1) is 35.9. The van der Waals surface area contributed by atoms with Crippen molar-refractivity contribution in [3.63, 3.8) is 0 Å². The summed E-state index contributed by atoms with van der Waals surface area (Å²) in [5.74, 6) is 2.58. The minimum absolute atomic E-state index is 0.0390. The number of phenols is 8. The molecule has 0 aromatic heterocycles. The summed E-state index contributed by atoms with van der Waals surface area (Å²) < 4.78 is 0. The Kier molecular flexibility index (Phi) is 17.2. The molecule has 0 amide bonds. The fourth-order valence-electron chi connectivity index (χ4n) is 11.1. The first-order valence-corrected chi connectivity index (χ1v) is 26.3. The molecule has 0 unspecified atom stereocenters. The molecule has 8 aromatic rings. The Bertz CT molecular complexity index is 2880. The predicted octanol–water partition coefficient (Wildman–Crippen LogP) is 16.2. The Balaban J connectivity index is 0.000000222. The molecule has 0 aliphatic rings. The first kappa shape index (κ1) is 55.9. The van der Waals surface area contributed by atoms with E-state index >= 15 is 0 Å². The van der Waals surface area contributed by atoms with Crippen molar-refractivity contribution in [2.75, 3.05) is 0 Å². The molecule has 8 heteroatoms. The third-order valence-corrected chi connectivity index (χ3v) is 15.6. The number of rotatable bonds is 14. The van der Waals surface area contributed by atoms with Crippen LogP contribution in [0, 0.1) is 83.1 Å². The maximum absolute atomic E-state index is 10.5. The van der Waals surface area contributed by atoms with E-state index in [4.69, 9.17) is 0 Å². The number of aryl methyl sites for hydroxylation is 12. The van der Waals surface area contributed by atoms with Crippen LogP contribution in [0.1, 0.15) is 161 Å². The molecule has 8 nitrogen and oxygen atoms in total. The largest absolute Gasteiger partial charge is 0.508 e. The minimum atomic E-state index is 0.0390. The van der Waals surface area contributed by atoms with Gasteiger partial charge in [0.25, 0.3) is 0 Å². The molecule has 76 heavy (non-hydrogen) atoms. The van der Waals surface area contributed by atoms with Crippen LogP contribution in [-0.4, -0.2) is 40.9 Å². The van der Waals surface area contributed by atoms with Crippen LogP contribution in [0.5, 0.6) is 46.0 Å². The third kappa shape index (κ3) is 12.5. The van der Waals surface area contributed by atoms with Crippen LogP contribution in [0.25, 0.3) is 0 Å². The second kappa shape index (κ2) is 23.4. The number of hydrogen-bond donors (Lipinski definition) is 8. The van der Waals surface area contributed by atoms with Crippen molar-refractivity contribution in [1.82, 2.24) is 0 Å². The summed E-state index contributed by atoms with van der Waals surface area (Å²) >= 11 is 0. The van der Waals surface area contributed by atoms with E-state index in [0.717, 1.165) is 137 Å². The summed E-state index contributed by atoms with van der Waals surface area (Å²) in [6.45, 7) is 23.1. The highest BCUT2D eigenvalue weighted by molar-refractivity contribution is 5.53. The average Bonchev–Trinajstić information content (AvgIpc) is 3.37. The van der Waals surface area contributed by atoms with Crippen LogP contribution >= 0.6 is 0 Å². The van der Waals surface area contributed by atoms with Crippen LogP contribution in [-0.2, 0) is 0 Å². The molecular weight excluding hydrogens is 945 g/mol. The summed E-state index contributed by atoms with van der Waals surface area (Å²) in [6.07, 6.45) is 3.27. The average molecular weight is 1020 g/mol. The fraction of sp³-hybridized carbons (Fsp3) is 0.294. The Morgan fingerprint density at radius 2 is 0.355 bits per heavy atom. The summed E-state index contributed by atoms with van der Waals surface area (Å²) in [4.78, 5) is 0. The van der Waals surface area contributed by atoms with Gasteiger partial charge in [-0.25, -0.2) is 0 Å². The van der Waals surface area contributed by atoms with E-state index in [0.29, 0.717) is 23.0 Å². The minimum Gasteiger partial charge on any atom is -0.508 e. The lowest BCUT2D eigenvalue weighted by Crippen LogP contribution is -2.09. The number of aromatic hydroxyl groups is 8. The summed E-state index contributed by atoms with van der Waals surface area (Å²) in [7, 11) is 0. The second-order valence-electron chi connectivity index (χ2n) is 21.6. The smallest absolute Gasteiger partial charge is 0.121 e.